The third-order valence-electron chi connectivity index (χ3n) is 4.79. The molecule has 0 unspecified atom stereocenters. The first-order chi connectivity index (χ1) is 11.7. The first kappa shape index (κ1) is 15.6. The topological polar surface area (TPSA) is 68.9 Å². The van der Waals surface area contributed by atoms with Crippen LogP contribution in [-0.2, 0) is 11.3 Å². The van der Waals surface area contributed by atoms with Crippen LogP contribution >= 0.6 is 11.3 Å². The molecule has 2 saturated carbocycles. The van der Waals surface area contributed by atoms with Crippen LogP contribution in [0, 0.1) is 0 Å². The minimum atomic E-state index is -0.167. The van der Waals surface area contributed by atoms with Gasteiger partial charge in [-0.15, -0.1) is 16.4 Å². The predicted octanol–water partition coefficient (Wildman–Crippen LogP) is 2.56. The summed E-state index contributed by atoms with van der Waals surface area (Å²) < 4.78 is 3.09. The van der Waals surface area contributed by atoms with Crippen LogP contribution in [0.3, 0.4) is 0 Å². The molecule has 0 radical (unpaired) electrons. The molecule has 0 saturated heterocycles. The molecule has 0 atom stereocenters. The summed E-state index contributed by atoms with van der Waals surface area (Å²) in [5.41, 5.74) is -0.167. The van der Waals surface area contributed by atoms with Gasteiger partial charge in [0.15, 0.2) is 5.82 Å². The van der Waals surface area contributed by atoms with E-state index in [4.69, 9.17) is 0 Å². The van der Waals surface area contributed by atoms with Gasteiger partial charge in [-0.25, -0.2) is 9.48 Å². The van der Waals surface area contributed by atoms with E-state index in [0.717, 1.165) is 30.6 Å². The highest BCUT2D eigenvalue weighted by Crippen LogP contribution is 2.37. The number of hydrogen-bond acceptors (Lipinski definition) is 4. The maximum Gasteiger partial charge on any atom is 0.346 e. The monoisotopic (exact) mass is 346 g/mol. The van der Waals surface area contributed by atoms with E-state index in [1.54, 1.807) is 15.9 Å². The number of nitrogens with one attached hydrogen (secondary N) is 1. The van der Waals surface area contributed by atoms with E-state index in [0.29, 0.717) is 5.82 Å². The Morgan fingerprint density at radius 2 is 2.04 bits per heavy atom. The van der Waals surface area contributed by atoms with Crippen molar-refractivity contribution >= 4 is 17.2 Å². The number of rotatable bonds is 5. The number of carbonyl (C=O) groups excluding carboxylic acids is 1. The zero-order chi connectivity index (χ0) is 16.5. The third kappa shape index (κ3) is 3.17. The first-order valence-corrected chi connectivity index (χ1v) is 9.63. The van der Waals surface area contributed by atoms with Gasteiger partial charge in [-0.2, -0.15) is 0 Å². The Kier molecular flexibility index (Phi) is 4.26. The second-order valence-electron chi connectivity index (χ2n) is 6.74. The molecule has 2 heterocycles. The summed E-state index contributed by atoms with van der Waals surface area (Å²) in [6.45, 7) is 0.00737. The highest BCUT2D eigenvalue weighted by molar-refractivity contribution is 7.13. The third-order valence-corrected chi connectivity index (χ3v) is 5.65. The van der Waals surface area contributed by atoms with Crippen LogP contribution in [0.5, 0.6) is 0 Å². The van der Waals surface area contributed by atoms with Crippen LogP contribution in [0.1, 0.15) is 51.0 Å². The Bertz CT molecular complexity index is 767. The van der Waals surface area contributed by atoms with E-state index < -0.39 is 0 Å². The Hall–Kier alpha value is -1.89. The van der Waals surface area contributed by atoms with E-state index in [9.17, 15) is 9.59 Å². The molecule has 2 aliphatic rings. The molecule has 0 aliphatic heterocycles. The standard InChI is InChI=1S/C17H22N4O2S/c22-15(18-12-5-2-1-3-6-12)11-20-17(23)21(13-8-9-13)16(19-20)14-7-4-10-24-14/h4,7,10,12-13H,1-3,5-6,8-9,11H2,(H,18,22). The normalized spacial score (nSPS) is 18.7. The maximum absolute atomic E-state index is 12.7. The summed E-state index contributed by atoms with van der Waals surface area (Å²) in [4.78, 5) is 26.0. The zero-order valence-corrected chi connectivity index (χ0v) is 14.4. The second-order valence-corrected chi connectivity index (χ2v) is 7.69. The molecular formula is C17H22N4O2S. The molecule has 1 N–H and O–H groups in total. The van der Waals surface area contributed by atoms with Crippen molar-refractivity contribution in [3.63, 3.8) is 0 Å². The second kappa shape index (κ2) is 6.55. The summed E-state index contributed by atoms with van der Waals surface area (Å²) in [5, 5.41) is 9.50. The number of hydrogen-bond donors (Lipinski definition) is 1. The molecule has 0 spiro atoms. The molecule has 2 aromatic heterocycles. The maximum atomic E-state index is 12.7. The van der Waals surface area contributed by atoms with Crippen LogP contribution in [0.15, 0.2) is 22.3 Å². The van der Waals surface area contributed by atoms with E-state index in [-0.39, 0.29) is 30.2 Å². The van der Waals surface area contributed by atoms with Crippen LogP contribution in [0.2, 0.25) is 0 Å². The average molecular weight is 346 g/mol. The van der Waals surface area contributed by atoms with Gasteiger partial charge >= 0.3 is 5.69 Å². The Morgan fingerprint density at radius 1 is 1.25 bits per heavy atom. The Morgan fingerprint density at radius 3 is 2.71 bits per heavy atom. The molecule has 24 heavy (non-hydrogen) atoms. The zero-order valence-electron chi connectivity index (χ0n) is 13.6. The summed E-state index contributed by atoms with van der Waals surface area (Å²) in [6, 6.07) is 4.42. The summed E-state index contributed by atoms with van der Waals surface area (Å²) in [6.07, 6.45) is 7.70. The van der Waals surface area contributed by atoms with Gasteiger partial charge in [0.1, 0.15) is 6.54 Å². The van der Waals surface area contributed by atoms with Crippen molar-refractivity contribution in [3.8, 4) is 10.7 Å². The molecule has 128 valence electrons. The van der Waals surface area contributed by atoms with Crippen LogP contribution in [0.4, 0.5) is 0 Å². The SMILES string of the molecule is O=C(Cn1nc(-c2cccs2)n(C2CC2)c1=O)NC1CCCCC1. The highest BCUT2D eigenvalue weighted by atomic mass is 32.1. The largest absolute Gasteiger partial charge is 0.352 e. The molecule has 2 fully saturated rings. The summed E-state index contributed by atoms with van der Waals surface area (Å²) in [7, 11) is 0. The fourth-order valence-electron chi connectivity index (χ4n) is 3.42. The van der Waals surface area contributed by atoms with Gasteiger partial charge in [0.05, 0.1) is 4.88 Å². The molecule has 4 rings (SSSR count). The first-order valence-electron chi connectivity index (χ1n) is 8.75. The number of thiophene rings is 1. The van der Waals surface area contributed by atoms with Gasteiger partial charge in [0, 0.05) is 12.1 Å². The molecular weight excluding hydrogens is 324 g/mol. The molecule has 2 aliphatic carbocycles. The summed E-state index contributed by atoms with van der Waals surface area (Å²) in [5.74, 6) is 0.588. The average Bonchev–Trinajstić information content (AvgIpc) is 3.16. The molecule has 0 aromatic carbocycles. The van der Waals surface area contributed by atoms with Crippen molar-refractivity contribution in [3.05, 3.63) is 28.0 Å². The van der Waals surface area contributed by atoms with Gasteiger partial charge < -0.3 is 5.32 Å². The van der Waals surface area contributed by atoms with Gasteiger partial charge in [-0.3, -0.25) is 9.36 Å². The molecule has 0 bridgehead atoms. The van der Waals surface area contributed by atoms with E-state index in [1.807, 2.05) is 17.5 Å². The van der Waals surface area contributed by atoms with E-state index in [1.165, 1.54) is 23.9 Å². The highest BCUT2D eigenvalue weighted by Gasteiger charge is 2.31. The van der Waals surface area contributed by atoms with Crippen molar-refractivity contribution in [2.24, 2.45) is 0 Å². The lowest BCUT2D eigenvalue weighted by Gasteiger charge is -2.22. The molecule has 2 aromatic rings. The molecule has 6 nitrogen and oxygen atoms in total. The van der Waals surface area contributed by atoms with Crippen molar-refractivity contribution in [2.75, 3.05) is 0 Å². The number of aromatic nitrogens is 3. The van der Waals surface area contributed by atoms with Crippen LogP contribution in [0.25, 0.3) is 10.7 Å². The van der Waals surface area contributed by atoms with Crippen molar-refractivity contribution in [1.29, 1.82) is 0 Å². The minimum Gasteiger partial charge on any atom is -0.352 e. The number of nitrogens with zero attached hydrogens (tertiary/aromatic N) is 3. The minimum absolute atomic E-state index is 0.00737. The van der Waals surface area contributed by atoms with Gasteiger partial charge in [-0.05, 0) is 37.1 Å². The quantitative estimate of drug-likeness (QED) is 0.904. The number of amides is 1. The Labute approximate surface area is 144 Å². The lowest BCUT2D eigenvalue weighted by Crippen LogP contribution is -2.40. The predicted molar refractivity (Wildman–Crippen MR) is 93.1 cm³/mol. The van der Waals surface area contributed by atoms with Gasteiger partial charge in [0.2, 0.25) is 5.91 Å². The molecule has 1 amide bonds. The van der Waals surface area contributed by atoms with Gasteiger partial charge in [-0.1, -0.05) is 25.3 Å². The van der Waals surface area contributed by atoms with Crippen molar-refractivity contribution < 1.29 is 4.79 Å². The van der Waals surface area contributed by atoms with Crippen molar-refractivity contribution in [2.45, 2.75) is 63.6 Å². The summed E-state index contributed by atoms with van der Waals surface area (Å²) >= 11 is 1.57. The van der Waals surface area contributed by atoms with Crippen LogP contribution < -0.4 is 11.0 Å². The lowest BCUT2D eigenvalue weighted by molar-refractivity contribution is -0.122. The lowest BCUT2D eigenvalue weighted by atomic mass is 9.95. The van der Waals surface area contributed by atoms with Crippen molar-refractivity contribution in [1.82, 2.24) is 19.7 Å². The fraction of sp³-hybridized carbons (Fsp3) is 0.588. The van der Waals surface area contributed by atoms with E-state index >= 15 is 0 Å². The van der Waals surface area contributed by atoms with Gasteiger partial charge in [0.25, 0.3) is 0 Å². The Balaban J connectivity index is 1.54. The van der Waals surface area contributed by atoms with Crippen LogP contribution in [-0.4, -0.2) is 26.3 Å². The fourth-order valence-corrected chi connectivity index (χ4v) is 4.12. The molecule has 7 heteroatoms. The number of carbonyl (C=O) groups is 1. The van der Waals surface area contributed by atoms with E-state index in [2.05, 4.69) is 10.4 Å². The smallest absolute Gasteiger partial charge is 0.346 e.